The van der Waals surface area contributed by atoms with Gasteiger partial charge in [-0.3, -0.25) is 9.59 Å². The number of carbonyl (C=O) groups is 2. The molecule has 0 saturated carbocycles. The van der Waals surface area contributed by atoms with Crippen molar-refractivity contribution in [2.24, 2.45) is 0 Å². The topological polar surface area (TPSA) is 84.0 Å². The van der Waals surface area contributed by atoms with E-state index >= 15 is 0 Å². The number of piperazine rings is 1. The number of hydrogen-bond donors (Lipinski definition) is 0. The molecular weight excluding hydrogens is 580 g/mol. The summed E-state index contributed by atoms with van der Waals surface area (Å²) in [5.74, 6) is -0.952. The van der Waals surface area contributed by atoms with Crippen LogP contribution in [0.3, 0.4) is 0 Å². The van der Waals surface area contributed by atoms with Crippen molar-refractivity contribution in [3.05, 3.63) is 53.0 Å². The number of ether oxygens (including phenoxy) is 1. The first kappa shape index (κ1) is 31.3. The molecular formula is C30H41BrN2O5S. The number of halogens is 1. The van der Waals surface area contributed by atoms with E-state index in [4.69, 9.17) is 4.74 Å². The van der Waals surface area contributed by atoms with Crippen LogP contribution in [0.4, 0.5) is 0 Å². The minimum Gasteiger partial charge on any atom is -0.468 e. The van der Waals surface area contributed by atoms with E-state index in [1.54, 1.807) is 17.0 Å². The second-order valence-corrected chi connectivity index (χ2v) is 12.9. The molecule has 0 N–H and O–H groups in total. The highest BCUT2D eigenvalue weighted by molar-refractivity contribution is 9.10. The zero-order chi connectivity index (χ0) is 28.3. The number of sulfonamides is 1. The van der Waals surface area contributed by atoms with Crippen molar-refractivity contribution in [1.82, 2.24) is 9.21 Å². The Labute approximate surface area is 242 Å². The average Bonchev–Trinajstić information content (AvgIpc) is 2.94. The van der Waals surface area contributed by atoms with Crippen molar-refractivity contribution in [3.8, 4) is 11.1 Å². The predicted molar refractivity (Wildman–Crippen MR) is 158 cm³/mol. The zero-order valence-electron chi connectivity index (χ0n) is 23.1. The Morgan fingerprint density at radius 1 is 0.872 bits per heavy atom. The number of unbranched alkanes of at least 4 members (excludes halogenated alkanes) is 9. The lowest BCUT2D eigenvalue weighted by atomic mass is 10.1. The SMILES string of the molecule is CCCCCCCCCCCCN1CC(C(=O)OC)N(S(=O)(=O)c2ccc(-c3ccc(Br)cc3)cc2)CC1=O. The number of rotatable bonds is 15. The van der Waals surface area contributed by atoms with E-state index in [1.807, 2.05) is 24.3 Å². The second-order valence-electron chi connectivity index (χ2n) is 10.1. The zero-order valence-corrected chi connectivity index (χ0v) is 25.5. The van der Waals surface area contributed by atoms with Gasteiger partial charge in [0.25, 0.3) is 0 Å². The van der Waals surface area contributed by atoms with E-state index in [9.17, 15) is 18.0 Å². The summed E-state index contributed by atoms with van der Waals surface area (Å²) in [6, 6.07) is 13.1. The third-order valence-electron chi connectivity index (χ3n) is 7.28. The number of methoxy groups -OCH3 is 1. The molecule has 2 aromatic rings. The van der Waals surface area contributed by atoms with Crippen molar-refractivity contribution in [2.45, 2.75) is 82.1 Å². The highest BCUT2D eigenvalue weighted by atomic mass is 79.9. The molecule has 1 aliphatic rings. The monoisotopic (exact) mass is 620 g/mol. The van der Waals surface area contributed by atoms with Gasteiger partial charge in [0.2, 0.25) is 15.9 Å². The predicted octanol–water partition coefficient (Wildman–Crippen LogP) is 6.41. The molecule has 0 spiro atoms. The summed E-state index contributed by atoms with van der Waals surface area (Å²) in [6.45, 7) is 2.35. The molecule has 1 saturated heterocycles. The lowest BCUT2D eigenvalue weighted by Gasteiger charge is -2.38. The van der Waals surface area contributed by atoms with Crippen molar-refractivity contribution >= 4 is 37.8 Å². The first-order chi connectivity index (χ1) is 18.8. The maximum atomic E-state index is 13.5. The fraction of sp³-hybridized carbons (Fsp3) is 0.533. The van der Waals surface area contributed by atoms with Crippen molar-refractivity contribution in [1.29, 1.82) is 0 Å². The summed E-state index contributed by atoms with van der Waals surface area (Å²) < 4.78 is 34.0. The molecule has 1 heterocycles. The molecule has 1 unspecified atom stereocenters. The maximum Gasteiger partial charge on any atom is 0.326 e. The largest absolute Gasteiger partial charge is 0.468 e. The van der Waals surface area contributed by atoms with E-state index in [2.05, 4.69) is 22.9 Å². The molecule has 2 aromatic carbocycles. The lowest BCUT2D eigenvalue weighted by Crippen LogP contribution is -2.60. The molecule has 0 aromatic heterocycles. The third-order valence-corrected chi connectivity index (χ3v) is 9.68. The highest BCUT2D eigenvalue weighted by Crippen LogP contribution is 2.27. The van der Waals surface area contributed by atoms with E-state index in [0.717, 1.165) is 39.2 Å². The van der Waals surface area contributed by atoms with Crippen molar-refractivity contribution in [2.75, 3.05) is 26.7 Å². The van der Waals surface area contributed by atoms with Crippen LogP contribution in [0.5, 0.6) is 0 Å². The van der Waals surface area contributed by atoms with Gasteiger partial charge in [-0.15, -0.1) is 0 Å². The van der Waals surface area contributed by atoms with Crippen LogP contribution < -0.4 is 0 Å². The van der Waals surface area contributed by atoms with E-state index in [0.29, 0.717) is 6.54 Å². The molecule has 1 atom stereocenters. The molecule has 9 heteroatoms. The van der Waals surface area contributed by atoms with Crippen LogP contribution in [0.2, 0.25) is 0 Å². The summed E-state index contributed by atoms with van der Waals surface area (Å²) in [5, 5.41) is 0. The number of carbonyl (C=O) groups excluding carboxylic acids is 2. The van der Waals surface area contributed by atoms with Gasteiger partial charge in [0.15, 0.2) is 0 Å². The van der Waals surface area contributed by atoms with Gasteiger partial charge in [0.1, 0.15) is 6.04 Å². The van der Waals surface area contributed by atoms with Gasteiger partial charge in [-0.05, 0) is 41.8 Å². The molecule has 7 nitrogen and oxygen atoms in total. The summed E-state index contributed by atoms with van der Waals surface area (Å²) in [7, 11) is -2.86. The first-order valence-electron chi connectivity index (χ1n) is 14.0. The lowest BCUT2D eigenvalue weighted by molar-refractivity contribution is -0.151. The van der Waals surface area contributed by atoms with Crippen molar-refractivity contribution in [3.63, 3.8) is 0 Å². The number of nitrogens with zero attached hydrogens (tertiary/aromatic N) is 2. The van der Waals surface area contributed by atoms with Gasteiger partial charge in [-0.1, -0.05) is 105 Å². The fourth-order valence-electron chi connectivity index (χ4n) is 4.93. The van der Waals surface area contributed by atoms with E-state index in [1.165, 1.54) is 64.2 Å². The Balaban J connectivity index is 1.58. The second kappa shape index (κ2) is 15.5. The van der Waals surface area contributed by atoms with Gasteiger partial charge >= 0.3 is 5.97 Å². The molecule has 1 fully saturated rings. The Hall–Kier alpha value is -2.23. The minimum atomic E-state index is -4.09. The van der Waals surface area contributed by atoms with Crippen LogP contribution in [0.15, 0.2) is 57.9 Å². The number of benzene rings is 2. The summed E-state index contributed by atoms with van der Waals surface area (Å²) in [5.41, 5.74) is 1.81. The highest BCUT2D eigenvalue weighted by Gasteiger charge is 2.43. The molecule has 0 aliphatic carbocycles. The van der Waals surface area contributed by atoms with E-state index < -0.39 is 22.0 Å². The van der Waals surface area contributed by atoms with Crippen molar-refractivity contribution < 1.29 is 22.7 Å². The van der Waals surface area contributed by atoms with Crippen LogP contribution in [0, 0.1) is 0 Å². The van der Waals surface area contributed by atoms with Gasteiger partial charge in [0.05, 0.1) is 18.6 Å². The van der Waals surface area contributed by atoms with Gasteiger partial charge < -0.3 is 9.64 Å². The average molecular weight is 622 g/mol. The summed E-state index contributed by atoms with van der Waals surface area (Å²) in [4.78, 5) is 27.2. The quantitative estimate of drug-likeness (QED) is 0.170. The van der Waals surface area contributed by atoms with Crippen LogP contribution in [0.25, 0.3) is 11.1 Å². The van der Waals surface area contributed by atoms with Crippen LogP contribution in [-0.2, 0) is 24.3 Å². The number of esters is 1. The molecule has 39 heavy (non-hydrogen) atoms. The van der Waals surface area contributed by atoms with Gasteiger partial charge in [-0.25, -0.2) is 8.42 Å². The first-order valence-corrected chi connectivity index (χ1v) is 16.2. The number of hydrogen-bond acceptors (Lipinski definition) is 5. The minimum absolute atomic E-state index is 0.000851. The third kappa shape index (κ3) is 8.88. The Kier molecular flexibility index (Phi) is 12.5. The molecule has 214 valence electrons. The Bertz CT molecular complexity index is 1170. The molecule has 0 bridgehead atoms. The van der Waals surface area contributed by atoms with Crippen LogP contribution >= 0.6 is 15.9 Å². The smallest absolute Gasteiger partial charge is 0.326 e. The molecule has 1 aliphatic heterocycles. The number of amides is 1. The summed E-state index contributed by atoms with van der Waals surface area (Å²) in [6.07, 6.45) is 11.9. The summed E-state index contributed by atoms with van der Waals surface area (Å²) >= 11 is 3.41. The molecule has 1 amide bonds. The molecule has 3 rings (SSSR count). The fourth-order valence-corrected chi connectivity index (χ4v) is 6.71. The Morgan fingerprint density at radius 3 is 1.92 bits per heavy atom. The molecule has 0 radical (unpaired) electrons. The van der Waals surface area contributed by atoms with Crippen LogP contribution in [0.1, 0.15) is 71.1 Å². The van der Waals surface area contributed by atoms with Gasteiger partial charge in [-0.2, -0.15) is 4.31 Å². The maximum absolute atomic E-state index is 13.5. The van der Waals surface area contributed by atoms with E-state index in [-0.39, 0.29) is 23.9 Å². The normalized spacial score (nSPS) is 16.4. The van der Waals surface area contributed by atoms with Crippen LogP contribution in [-0.4, -0.2) is 62.3 Å². The Morgan fingerprint density at radius 2 is 1.38 bits per heavy atom. The van der Waals surface area contributed by atoms with Gasteiger partial charge in [0, 0.05) is 17.6 Å². The standard InChI is InChI=1S/C30H41BrN2O5S/c1-3-4-5-6-7-8-9-10-11-12-21-32-22-28(30(35)38-2)33(23-29(32)34)39(36,37)27-19-15-25(16-20-27)24-13-17-26(31)18-14-24/h13-20,28H,3-12,21-23H2,1-2H3.